The van der Waals surface area contributed by atoms with Crippen LogP contribution >= 0.6 is 0 Å². The summed E-state index contributed by atoms with van der Waals surface area (Å²) < 4.78 is 6.19. The molecule has 0 unspecified atom stereocenters. The van der Waals surface area contributed by atoms with Crippen molar-refractivity contribution in [2.45, 2.75) is 38.2 Å². The van der Waals surface area contributed by atoms with E-state index >= 15 is 0 Å². The third-order valence-electron chi connectivity index (χ3n) is 6.93. The number of aldehydes is 1. The van der Waals surface area contributed by atoms with Crippen LogP contribution in [-0.4, -0.2) is 18.3 Å². The Kier molecular flexibility index (Phi) is 3.57. The van der Waals surface area contributed by atoms with Gasteiger partial charge < -0.3 is 10.1 Å². The van der Waals surface area contributed by atoms with Crippen LogP contribution < -0.4 is 10.1 Å². The Morgan fingerprint density at radius 2 is 1.93 bits per heavy atom. The van der Waals surface area contributed by atoms with Gasteiger partial charge in [-0.1, -0.05) is 48.9 Å². The van der Waals surface area contributed by atoms with Crippen molar-refractivity contribution in [3.8, 4) is 5.75 Å². The molecule has 0 saturated carbocycles. The van der Waals surface area contributed by atoms with E-state index in [0.29, 0.717) is 5.57 Å². The number of allylic oxidation sites excluding steroid dienone is 1. The topological polar surface area (TPSA) is 55.4 Å². The molecule has 2 aromatic carbocycles. The van der Waals surface area contributed by atoms with Gasteiger partial charge in [-0.15, -0.1) is 0 Å². The minimum absolute atomic E-state index is 0.0213. The third-order valence-corrected chi connectivity index (χ3v) is 6.93. The van der Waals surface area contributed by atoms with Gasteiger partial charge in [-0.05, 0) is 42.7 Å². The highest BCUT2D eigenvalue weighted by Crippen LogP contribution is 2.61. The molecule has 2 aromatic rings. The summed E-state index contributed by atoms with van der Waals surface area (Å²) in [5.41, 5.74) is 3.85. The van der Waals surface area contributed by atoms with E-state index in [1.165, 1.54) is 0 Å². The second kappa shape index (κ2) is 5.81. The van der Waals surface area contributed by atoms with Gasteiger partial charge >= 0.3 is 0 Å². The predicted molar refractivity (Wildman–Crippen MR) is 108 cm³/mol. The first-order chi connectivity index (χ1) is 13.5. The fraction of sp³-hybridized carbons (Fsp3) is 0.333. The second-order valence-electron chi connectivity index (χ2n) is 8.29. The number of carbonyl (C=O) groups excluding carboxylic acids is 2. The van der Waals surface area contributed by atoms with Crippen LogP contribution in [0, 0.1) is 18.8 Å². The highest BCUT2D eigenvalue weighted by atomic mass is 16.5. The molecule has 2 heterocycles. The van der Waals surface area contributed by atoms with Gasteiger partial charge in [0.25, 0.3) is 0 Å². The van der Waals surface area contributed by atoms with Gasteiger partial charge in [0.15, 0.2) is 0 Å². The fourth-order valence-corrected chi connectivity index (χ4v) is 5.62. The highest BCUT2D eigenvalue weighted by Gasteiger charge is 2.62. The zero-order valence-corrected chi connectivity index (χ0v) is 16.2. The van der Waals surface area contributed by atoms with E-state index < -0.39 is 5.41 Å². The maximum Gasteiger partial charge on any atom is 0.236 e. The van der Waals surface area contributed by atoms with Crippen LogP contribution in [0.1, 0.15) is 36.5 Å². The number of para-hydroxylation sites is 1. The standard InChI is InChI=1S/C24H23NO3/c1-13-8-9-20-19(10-13)24(23(27)25-20)14(2)16(12-26)11-18-15(3)28-21-7-5-4-6-17(21)22(18)24/h4-12,14-15,18,22H,1-3H3,(H,25,27)/t14-,15-,18-,22-,24-/m1/s1. The number of amides is 1. The van der Waals surface area contributed by atoms with Crippen molar-refractivity contribution in [3.05, 3.63) is 70.8 Å². The molecule has 0 saturated heterocycles. The van der Waals surface area contributed by atoms with E-state index in [1.807, 2.05) is 57.2 Å². The Morgan fingerprint density at radius 3 is 2.71 bits per heavy atom. The summed E-state index contributed by atoms with van der Waals surface area (Å²) in [6, 6.07) is 14.1. The number of fused-ring (bicyclic) bond motifs is 6. The van der Waals surface area contributed by atoms with Crippen LogP contribution in [0.3, 0.4) is 0 Å². The minimum Gasteiger partial charge on any atom is -0.490 e. The van der Waals surface area contributed by atoms with Crippen LogP contribution in [0.25, 0.3) is 0 Å². The number of carbonyl (C=O) groups is 2. The first-order valence-corrected chi connectivity index (χ1v) is 9.83. The van der Waals surface area contributed by atoms with Gasteiger partial charge in [-0.2, -0.15) is 0 Å². The molecule has 0 aromatic heterocycles. The molecule has 1 aliphatic carbocycles. The van der Waals surface area contributed by atoms with Gasteiger partial charge in [0.1, 0.15) is 18.1 Å². The van der Waals surface area contributed by atoms with Crippen LogP contribution in [0.15, 0.2) is 54.1 Å². The number of rotatable bonds is 1. The lowest BCUT2D eigenvalue weighted by Crippen LogP contribution is -2.55. The monoisotopic (exact) mass is 373 g/mol. The van der Waals surface area contributed by atoms with E-state index in [1.54, 1.807) is 0 Å². The number of hydrogen-bond donors (Lipinski definition) is 1. The summed E-state index contributed by atoms with van der Waals surface area (Å²) in [4.78, 5) is 25.6. The lowest BCUT2D eigenvalue weighted by atomic mass is 9.52. The molecule has 28 heavy (non-hydrogen) atoms. The Bertz CT molecular complexity index is 1040. The van der Waals surface area contributed by atoms with Crippen molar-refractivity contribution < 1.29 is 14.3 Å². The molecule has 0 fully saturated rings. The summed E-state index contributed by atoms with van der Waals surface area (Å²) in [6.45, 7) is 6.08. The van der Waals surface area contributed by atoms with E-state index in [9.17, 15) is 9.59 Å². The molecule has 1 amide bonds. The van der Waals surface area contributed by atoms with Crippen LogP contribution in [0.2, 0.25) is 0 Å². The third kappa shape index (κ3) is 2.00. The van der Waals surface area contributed by atoms with Gasteiger partial charge in [-0.25, -0.2) is 0 Å². The van der Waals surface area contributed by atoms with Crippen molar-refractivity contribution in [2.75, 3.05) is 5.32 Å². The SMILES string of the molecule is Cc1ccc2c(c1)[C@]1(C(=O)N2)[C@H](C)C(C=O)=C[C@H]2[C@H]1c1ccccc1O[C@@H]2C. The average Bonchev–Trinajstić information content (AvgIpc) is 2.96. The molecule has 3 aliphatic rings. The first-order valence-electron chi connectivity index (χ1n) is 9.83. The van der Waals surface area contributed by atoms with Crippen molar-refractivity contribution in [2.24, 2.45) is 11.8 Å². The largest absolute Gasteiger partial charge is 0.490 e. The summed E-state index contributed by atoms with van der Waals surface area (Å²) >= 11 is 0. The average molecular weight is 373 g/mol. The molecule has 5 rings (SSSR count). The number of hydrogen-bond acceptors (Lipinski definition) is 3. The molecule has 1 spiro atoms. The van der Waals surface area contributed by atoms with E-state index in [-0.39, 0.29) is 29.8 Å². The van der Waals surface area contributed by atoms with Gasteiger partial charge in [0, 0.05) is 23.4 Å². The molecular weight excluding hydrogens is 350 g/mol. The summed E-state index contributed by atoms with van der Waals surface area (Å²) in [5, 5.41) is 3.12. The quantitative estimate of drug-likeness (QED) is 0.765. The molecule has 4 heteroatoms. The molecule has 1 N–H and O–H groups in total. The fourth-order valence-electron chi connectivity index (χ4n) is 5.62. The van der Waals surface area contributed by atoms with E-state index in [4.69, 9.17) is 4.74 Å². The van der Waals surface area contributed by atoms with Gasteiger partial charge in [0.05, 0.1) is 5.41 Å². The maximum absolute atomic E-state index is 13.7. The van der Waals surface area contributed by atoms with Crippen LogP contribution in [0.4, 0.5) is 5.69 Å². The summed E-state index contributed by atoms with van der Waals surface area (Å²) in [7, 11) is 0. The van der Waals surface area contributed by atoms with Crippen molar-refractivity contribution in [1.29, 1.82) is 0 Å². The van der Waals surface area contributed by atoms with Crippen LogP contribution in [-0.2, 0) is 15.0 Å². The van der Waals surface area contributed by atoms with E-state index in [2.05, 4.69) is 17.4 Å². The minimum atomic E-state index is -0.828. The molecule has 2 aliphatic heterocycles. The zero-order valence-electron chi connectivity index (χ0n) is 16.2. The van der Waals surface area contributed by atoms with E-state index in [0.717, 1.165) is 34.4 Å². The van der Waals surface area contributed by atoms with Gasteiger partial charge in [0.2, 0.25) is 5.91 Å². The summed E-state index contributed by atoms with van der Waals surface area (Å²) in [5.74, 6) is 0.442. The van der Waals surface area contributed by atoms with Crippen molar-refractivity contribution in [1.82, 2.24) is 0 Å². The van der Waals surface area contributed by atoms with Crippen molar-refractivity contribution in [3.63, 3.8) is 0 Å². The molecule has 0 bridgehead atoms. The number of benzene rings is 2. The number of anilines is 1. The number of ether oxygens (including phenoxy) is 1. The first kappa shape index (κ1) is 17.2. The lowest BCUT2D eigenvalue weighted by molar-refractivity contribution is -0.125. The molecule has 0 radical (unpaired) electrons. The predicted octanol–water partition coefficient (Wildman–Crippen LogP) is 4.14. The van der Waals surface area contributed by atoms with Gasteiger partial charge in [-0.3, -0.25) is 9.59 Å². The second-order valence-corrected chi connectivity index (χ2v) is 8.29. The Labute approximate surface area is 164 Å². The number of nitrogens with one attached hydrogen (secondary N) is 1. The molecule has 5 atom stereocenters. The van der Waals surface area contributed by atoms with Crippen molar-refractivity contribution >= 4 is 17.9 Å². The molecule has 4 nitrogen and oxygen atoms in total. The van der Waals surface area contributed by atoms with Crippen LogP contribution in [0.5, 0.6) is 5.75 Å². The normalized spacial score (nSPS) is 32.5. The summed E-state index contributed by atoms with van der Waals surface area (Å²) in [6.07, 6.45) is 2.83. The number of aryl methyl sites for hydroxylation is 1. The Hall–Kier alpha value is -2.88. The Balaban J connectivity index is 1.87. The maximum atomic E-state index is 13.7. The molecule has 142 valence electrons. The zero-order chi connectivity index (χ0) is 19.6. The Morgan fingerprint density at radius 1 is 1.14 bits per heavy atom. The highest BCUT2D eigenvalue weighted by molar-refractivity contribution is 6.08. The smallest absolute Gasteiger partial charge is 0.236 e. The molecular formula is C24H23NO3. The lowest BCUT2D eigenvalue weighted by Gasteiger charge is -2.51.